The van der Waals surface area contributed by atoms with Crippen LogP contribution in [0.1, 0.15) is 12.8 Å². The number of fused-ring (bicyclic) bond motifs is 1. The first-order chi connectivity index (χ1) is 10.3. The van der Waals surface area contributed by atoms with E-state index in [1.807, 2.05) is 30.3 Å². The molecule has 1 aromatic carbocycles. The number of urea groups is 1. The zero-order valence-electron chi connectivity index (χ0n) is 11.6. The van der Waals surface area contributed by atoms with Crippen molar-refractivity contribution in [3.05, 3.63) is 48.3 Å². The minimum absolute atomic E-state index is 0.257. The summed E-state index contributed by atoms with van der Waals surface area (Å²) in [5, 5.41) is 6.60. The van der Waals surface area contributed by atoms with E-state index in [9.17, 15) is 4.79 Å². The summed E-state index contributed by atoms with van der Waals surface area (Å²) in [7, 11) is 0. The Kier molecular flexibility index (Phi) is 4.12. The molecule has 5 nitrogen and oxygen atoms in total. The van der Waals surface area contributed by atoms with Crippen molar-refractivity contribution in [3.63, 3.8) is 0 Å². The summed E-state index contributed by atoms with van der Waals surface area (Å²) in [6.45, 7) is 1.45. The van der Waals surface area contributed by atoms with Gasteiger partial charge in [0.15, 0.2) is 0 Å². The van der Waals surface area contributed by atoms with E-state index in [-0.39, 0.29) is 6.03 Å². The van der Waals surface area contributed by atoms with Crippen LogP contribution < -0.4 is 10.6 Å². The number of carbonyl (C=O) groups excluding carboxylic acids is 1. The molecular formula is C16H17N3O2. The Morgan fingerprint density at radius 2 is 2.00 bits per heavy atom. The second-order valence-electron chi connectivity index (χ2n) is 4.89. The van der Waals surface area contributed by atoms with Gasteiger partial charge in [-0.15, -0.1) is 0 Å². The molecule has 1 aliphatic rings. The molecule has 0 radical (unpaired) electrons. The van der Waals surface area contributed by atoms with E-state index < -0.39 is 0 Å². The van der Waals surface area contributed by atoms with Gasteiger partial charge in [-0.1, -0.05) is 18.2 Å². The molecule has 1 aromatic heterocycles. The average molecular weight is 283 g/mol. The first-order valence-corrected chi connectivity index (χ1v) is 7.00. The lowest BCUT2D eigenvalue weighted by atomic mass is 10.1. The van der Waals surface area contributed by atoms with Gasteiger partial charge in [-0.25, -0.2) is 4.79 Å². The monoisotopic (exact) mass is 283 g/mol. The van der Waals surface area contributed by atoms with Crippen molar-refractivity contribution in [1.82, 2.24) is 10.3 Å². The predicted octanol–water partition coefficient (Wildman–Crippen LogP) is 3.05. The fourth-order valence-corrected chi connectivity index (χ4v) is 2.31. The van der Waals surface area contributed by atoms with E-state index >= 15 is 0 Å². The highest BCUT2D eigenvalue weighted by Crippen LogP contribution is 2.20. The summed E-state index contributed by atoms with van der Waals surface area (Å²) in [5.41, 5.74) is 2.69. The van der Waals surface area contributed by atoms with Crippen molar-refractivity contribution >= 4 is 22.6 Å². The summed E-state index contributed by atoms with van der Waals surface area (Å²) >= 11 is 0. The Balaban J connectivity index is 1.69. The fraction of sp³-hybridized carbons (Fsp3) is 0.250. The summed E-state index contributed by atoms with van der Waals surface area (Å²) in [6, 6.07) is 9.30. The van der Waals surface area contributed by atoms with Gasteiger partial charge in [0, 0.05) is 17.8 Å². The van der Waals surface area contributed by atoms with Gasteiger partial charge in [-0.3, -0.25) is 4.98 Å². The van der Waals surface area contributed by atoms with E-state index in [1.54, 1.807) is 12.4 Å². The third kappa shape index (κ3) is 3.38. The number of nitrogens with zero attached hydrogens (tertiary/aromatic N) is 1. The van der Waals surface area contributed by atoms with Crippen LogP contribution in [-0.4, -0.2) is 24.2 Å². The van der Waals surface area contributed by atoms with Crippen molar-refractivity contribution in [2.24, 2.45) is 0 Å². The highest BCUT2D eigenvalue weighted by Gasteiger charge is 2.07. The van der Waals surface area contributed by atoms with Gasteiger partial charge >= 0.3 is 6.03 Å². The first kappa shape index (κ1) is 13.6. The van der Waals surface area contributed by atoms with Crippen LogP contribution in [0, 0.1) is 0 Å². The predicted molar refractivity (Wildman–Crippen MR) is 82.0 cm³/mol. The summed E-state index contributed by atoms with van der Waals surface area (Å²) in [4.78, 5) is 16.3. The maximum absolute atomic E-state index is 12.0. The Bertz CT molecular complexity index is 669. The number of aromatic nitrogens is 1. The van der Waals surface area contributed by atoms with E-state index in [2.05, 4.69) is 15.6 Å². The lowest BCUT2D eigenvalue weighted by molar-refractivity contribution is 0.119. The largest absolute Gasteiger partial charge is 0.381 e. The quantitative estimate of drug-likeness (QED) is 0.890. The molecule has 21 heavy (non-hydrogen) atoms. The molecule has 0 atom stereocenters. The number of benzene rings is 1. The fourth-order valence-electron chi connectivity index (χ4n) is 2.31. The number of para-hydroxylation sites is 1. The summed E-state index contributed by atoms with van der Waals surface area (Å²) in [5.74, 6) is 0. The second-order valence-corrected chi connectivity index (χ2v) is 4.89. The minimum atomic E-state index is -0.257. The minimum Gasteiger partial charge on any atom is -0.381 e. The van der Waals surface area contributed by atoms with Gasteiger partial charge in [0.2, 0.25) is 0 Å². The normalized spacial score (nSPS) is 14.8. The molecular weight excluding hydrogens is 266 g/mol. The zero-order chi connectivity index (χ0) is 14.5. The third-order valence-electron chi connectivity index (χ3n) is 3.42. The number of ether oxygens (including phenoxy) is 1. The van der Waals surface area contributed by atoms with Gasteiger partial charge in [0.25, 0.3) is 0 Å². The Morgan fingerprint density at radius 3 is 2.86 bits per heavy atom. The zero-order valence-corrected chi connectivity index (χ0v) is 11.6. The van der Waals surface area contributed by atoms with Crippen LogP contribution in [0.3, 0.4) is 0 Å². The van der Waals surface area contributed by atoms with E-state index in [0.29, 0.717) is 5.69 Å². The molecule has 2 aromatic rings. The highest BCUT2D eigenvalue weighted by molar-refractivity contribution is 5.99. The SMILES string of the molecule is O=C(NC=C1CCOCC1)Nc1cccc2cccnc12. The van der Waals surface area contributed by atoms with Crippen molar-refractivity contribution in [2.45, 2.75) is 12.8 Å². The molecule has 0 spiro atoms. The molecule has 0 aliphatic carbocycles. The average Bonchev–Trinajstić information content (AvgIpc) is 2.54. The van der Waals surface area contributed by atoms with Gasteiger partial charge < -0.3 is 15.4 Å². The number of hydrogen-bond donors (Lipinski definition) is 2. The number of anilines is 1. The molecule has 2 heterocycles. The number of carbonyl (C=O) groups is 1. The van der Waals surface area contributed by atoms with Gasteiger partial charge in [0.1, 0.15) is 0 Å². The van der Waals surface area contributed by atoms with E-state index in [4.69, 9.17) is 4.74 Å². The summed E-state index contributed by atoms with van der Waals surface area (Å²) in [6.07, 6.45) is 5.23. The smallest absolute Gasteiger partial charge is 0.323 e. The molecule has 5 heteroatoms. The van der Waals surface area contributed by atoms with Crippen LogP contribution in [0.5, 0.6) is 0 Å². The number of pyridine rings is 1. The molecule has 1 saturated heterocycles. The van der Waals surface area contributed by atoms with Crippen LogP contribution in [0.4, 0.5) is 10.5 Å². The van der Waals surface area contributed by atoms with E-state index in [1.165, 1.54) is 5.57 Å². The second kappa shape index (κ2) is 6.37. The molecule has 108 valence electrons. The molecule has 2 N–H and O–H groups in total. The van der Waals surface area contributed by atoms with Crippen LogP contribution in [0.15, 0.2) is 48.3 Å². The Morgan fingerprint density at radius 1 is 1.19 bits per heavy atom. The maximum atomic E-state index is 12.0. The molecule has 0 bridgehead atoms. The maximum Gasteiger partial charge on any atom is 0.323 e. The van der Waals surface area contributed by atoms with Gasteiger partial charge in [-0.2, -0.15) is 0 Å². The van der Waals surface area contributed by atoms with Crippen molar-refractivity contribution < 1.29 is 9.53 Å². The number of amides is 2. The Hall–Kier alpha value is -2.40. The molecule has 1 aliphatic heterocycles. The first-order valence-electron chi connectivity index (χ1n) is 7.00. The standard InChI is InChI=1S/C16H17N3O2/c20-16(18-11-12-6-9-21-10-7-12)19-14-5-1-3-13-4-2-8-17-15(13)14/h1-5,8,11H,6-7,9-10H2,(H2,18,19,20). The van der Waals surface area contributed by atoms with Crippen LogP contribution in [0.2, 0.25) is 0 Å². The number of nitrogens with one attached hydrogen (secondary N) is 2. The van der Waals surface area contributed by atoms with Crippen LogP contribution in [-0.2, 0) is 4.74 Å². The molecule has 2 amide bonds. The van der Waals surface area contributed by atoms with Crippen molar-refractivity contribution in [2.75, 3.05) is 18.5 Å². The van der Waals surface area contributed by atoms with Crippen molar-refractivity contribution in [1.29, 1.82) is 0 Å². The molecule has 3 rings (SSSR count). The lowest BCUT2D eigenvalue weighted by Gasteiger charge is -2.14. The third-order valence-corrected chi connectivity index (χ3v) is 3.42. The highest BCUT2D eigenvalue weighted by atomic mass is 16.5. The molecule has 1 fully saturated rings. The van der Waals surface area contributed by atoms with Crippen LogP contribution >= 0.6 is 0 Å². The van der Waals surface area contributed by atoms with Gasteiger partial charge in [-0.05, 0) is 30.5 Å². The lowest BCUT2D eigenvalue weighted by Crippen LogP contribution is -2.25. The Labute approximate surface area is 123 Å². The molecule has 0 saturated carbocycles. The van der Waals surface area contributed by atoms with Crippen LogP contribution in [0.25, 0.3) is 10.9 Å². The summed E-state index contributed by atoms with van der Waals surface area (Å²) < 4.78 is 5.27. The van der Waals surface area contributed by atoms with E-state index in [0.717, 1.165) is 37.0 Å². The molecule has 0 unspecified atom stereocenters. The number of rotatable bonds is 2. The number of hydrogen-bond acceptors (Lipinski definition) is 3. The van der Waals surface area contributed by atoms with Gasteiger partial charge in [0.05, 0.1) is 24.4 Å². The topological polar surface area (TPSA) is 63.2 Å². The van der Waals surface area contributed by atoms with Crippen molar-refractivity contribution in [3.8, 4) is 0 Å².